The van der Waals surface area contributed by atoms with E-state index >= 15 is 0 Å². The normalized spacial score (nSPS) is 26.1. The average Bonchev–Trinajstić information content (AvgIpc) is 2.84. The minimum atomic E-state index is -0.979. The predicted molar refractivity (Wildman–Crippen MR) is 61.6 cm³/mol. The number of nitrogens with one attached hydrogen (secondary N) is 2. The van der Waals surface area contributed by atoms with Gasteiger partial charge in [-0.15, -0.1) is 0 Å². The van der Waals surface area contributed by atoms with Gasteiger partial charge in [0.25, 0.3) is 0 Å². The standard InChI is InChI=1S/C10H16N2O3S/c13-8(14)10(3-4-10)12-9(15)11-6-7-2-1-5-16-7/h7H,1-6H2,(H,13,14)(H2,11,12,15). The zero-order valence-corrected chi connectivity index (χ0v) is 9.81. The molecule has 0 aromatic heterocycles. The summed E-state index contributed by atoms with van der Waals surface area (Å²) in [7, 11) is 0. The Balaban J connectivity index is 1.70. The van der Waals surface area contributed by atoms with Gasteiger partial charge in [0.1, 0.15) is 5.54 Å². The third-order valence-corrected chi connectivity index (χ3v) is 4.42. The Morgan fingerprint density at radius 1 is 1.44 bits per heavy atom. The Bertz CT molecular complexity index is 298. The van der Waals surface area contributed by atoms with E-state index in [1.807, 2.05) is 11.8 Å². The summed E-state index contributed by atoms with van der Waals surface area (Å²) in [6, 6.07) is -0.354. The van der Waals surface area contributed by atoms with Gasteiger partial charge in [-0.1, -0.05) is 0 Å². The van der Waals surface area contributed by atoms with Crippen LogP contribution in [0, 0.1) is 0 Å². The summed E-state index contributed by atoms with van der Waals surface area (Å²) < 4.78 is 0. The molecule has 0 bridgehead atoms. The Morgan fingerprint density at radius 3 is 2.69 bits per heavy atom. The maximum absolute atomic E-state index is 11.5. The van der Waals surface area contributed by atoms with Gasteiger partial charge >= 0.3 is 12.0 Å². The van der Waals surface area contributed by atoms with E-state index in [-0.39, 0.29) is 6.03 Å². The molecule has 1 heterocycles. The molecule has 0 spiro atoms. The lowest BCUT2D eigenvalue weighted by atomic mass is 10.2. The molecular weight excluding hydrogens is 228 g/mol. The fraction of sp³-hybridized carbons (Fsp3) is 0.800. The summed E-state index contributed by atoms with van der Waals surface area (Å²) in [5.41, 5.74) is -0.979. The van der Waals surface area contributed by atoms with E-state index < -0.39 is 11.5 Å². The van der Waals surface area contributed by atoms with E-state index in [4.69, 9.17) is 5.11 Å². The number of thioether (sulfide) groups is 1. The Labute approximate surface area is 98.4 Å². The Kier molecular flexibility index (Phi) is 3.28. The molecule has 1 unspecified atom stereocenters. The first-order valence-electron chi connectivity index (χ1n) is 5.53. The number of aliphatic carboxylic acids is 1. The summed E-state index contributed by atoms with van der Waals surface area (Å²) in [6.07, 6.45) is 3.41. The molecule has 1 aliphatic heterocycles. The van der Waals surface area contributed by atoms with Gasteiger partial charge in [-0.3, -0.25) is 0 Å². The smallest absolute Gasteiger partial charge is 0.329 e. The number of urea groups is 1. The second-order valence-corrected chi connectivity index (χ2v) is 5.77. The minimum Gasteiger partial charge on any atom is -0.480 e. The van der Waals surface area contributed by atoms with E-state index in [2.05, 4.69) is 10.6 Å². The molecule has 1 atom stereocenters. The fourth-order valence-electron chi connectivity index (χ4n) is 1.79. The molecule has 2 rings (SSSR count). The maximum atomic E-state index is 11.5. The number of carboxylic acids is 1. The summed E-state index contributed by atoms with van der Waals surface area (Å²) >= 11 is 1.87. The molecule has 2 amide bonds. The van der Waals surface area contributed by atoms with Crippen molar-refractivity contribution in [1.29, 1.82) is 0 Å². The number of amides is 2. The van der Waals surface area contributed by atoms with Gasteiger partial charge in [0.05, 0.1) is 0 Å². The zero-order chi connectivity index (χ0) is 11.6. The van der Waals surface area contributed by atoms with E-state index in [9.17, 15) is 9.59 Å². The number of carboxylic acid groups (broad SMARTS) is 1. The zero-order valence-electron chi connectivity index (χ0n) is 8.99. The number of rotatable bonds is 4. The molecule has 6 heteroatoms. The van der Waals surface area contributed by atoms with Crippen LogP contribution >= 0.6 is 11.8 Å². The van der Waals surface area contributed by atoms with Crippen LogP contribution in [-0.2, 0) is 4.79 Å². The van der Waals surface area contributed by atoms with E-state index in [0.29, 0.717) is 24.6 Å². The highest BCUT2D eigenvalue weighted by molar-refractivity contribution is 8.00. The third kappa shape index (κ3) is 2.61. The van der Waals surface area contributed by atoms with Crippen molar-refractivity contribution < 1.29 is 14.7 Å². The van der Waals surface area contributed by atoms with Crippen LogP contribution in [0.5, 0.6) is 0 Å². The van der Waals surface area contributed by atoms with Gasteiger partial charge < -0.3 is 15.7 Å². The van der Waals surface area contributed by atoms with Crippen LogP contribution in [0.15, 0.2) is 0 Å². The van der Waals surface area contributed by atoms with Gasteiger partial charge in [-0.2, -0.15) is 11.8 Å². The molecule has 0 aromatic rings. The molecule has 16 heavy (non-hydrogen) atoms. The van der Waals surface area contributed by atoms with Gasteiger partial charge in [0.2, 0.25) is 0 Å². The molecule has 90 valence electrons. The molecular formula is C10H16N2O3S. The fourth-order valence-corrected chi connectivity index (χ4v) is 2.99. The molecule has 0 radical (unpaired) electrons. The van der Waals surface area contributed by atoms with Crippen LogP contribution in [-0.4, -0.2) is 40.2 Å². The highest BCUT2D eigenvalue weighted by Gasteiger charge is 2.51. The number of hydrogen-bond acceptors (Lipinski definition) is 3. The van der Waals surface area contributed by atoms with Crippen LogP contribution in [0.3, 0.4) is 0 Å². The van der Waals surface area contributed by atoms with Crippen LogP contribution < -0.4 is 10.6 Å². The molecule has 2 aliphatic rings. The lowest BCUT2D eigenvalue weighted by molar-refractivity contribution is -0.140. The number of carbonyl (C=O) groups excluding carboxylic acids is 1. The molecule has 3 N–H and O–H groups in total. The van der Waals surface area contributed by atoms with Gasteiger partial charge in [0.15, 0.2) is 0 Å². The average molecular weight is 244 g/mol. The molecule has 1 saturated heterocycles. The SMILES string of the molecule is O=C(NCC1CCCS1)NC1(C(=O)O)CC1. The first kappa shape index (κ1) is 11.6. The van der Waals surface area contributed by atoms with Crippen molar-refractivity contribution in [3.05, 3.63) is 0 Å². The summed E-state index contributed by atoms with van der Waals surface area (Å²) in [5, 5.41) is 14.7. The quantitative estimate of drug-likeness (QED) is 0.683. The summed E-state index contributed by atoms with van der Waals surface area (Å²) in [6.45, 7) is 0.631. The Morgan fingerprint density at radius 2 is 2.19 bits per heavy atom. The molecule has 0 aromatic carbocycles. The molecule has 1 aliphatic carbocycles. The van der Waals surface area contributed by atoms with Crippen LogP contribution in [0.4, 0.5) is 4.79 Å². The van der Waals surface area contributed by atoms with E-state index in [1.54, 1.807) is 0 Å². The summed E-state index contributed by atoms with van der Waals surface area (Å²) in [5.74, 6) is 0.227. The second kappa shape index (κ2) is 4.53. The highest BCUT2D eigenvalue weighted by Crippen LogP contribution is 2.35. The van der Waals surface area contributed by atoms with E-state index in [1.165, 1.54) is 6.42 Å². The largest absolute Gasteiger partial charge is 0.480 e. The predicted octanol–water partition coefficient (Wildman–Crippen LogP) is 0.798. The van der Waals surface area contributed by atoms with E-state index in [0.717, 1.165) is 12.2 Å². The highest BCUT2D eigenvalue weighted by atomic mass is 32.2. The maximum Gasteiger partial charge on any atom is 0.329 e. The van der Waals surface area contributed by atoms with Crippen molar-refractivity contribution in [2.45, 2.75) is 36.5 Å². The molecule has 1 saturated carbocycles. The third-order valence-electron chi connectivity index (χ3n) is 3.03. The minimum absolute atomic E-state index is 0.354. The van der Waals surface area contributed by atoms with Gasteiger partial charge in [0, 0.05) is 11.8 Å². The first-order valence-corrected chi connectivity index (χ1v) is 6.58. The molecule has 5 nitrogen and oxygen atoms in total. The first-order chi connectivity index (χ1) is 7.62. The lowest BCUT2D eigenvalue weighted by Gasteiger charge is -2.15. The van der Waals surface area contributed by atoms with Crippen LogP contribution in [0.25, 0.3) is 0 Å². The van der Waals surface area contributed by atoms with Crippen molar-refractivity contribution in [2.75, 3.05) is 12.3 Å². The second-order valence-electron chi connectivity index (χ2n) is 4.36. The van der Waals surface area contributed by atoms with Crippen molar-refractivity contribution in [3.8, 4) is 0 Å². The molecule has 2 fully saturated rings. The lowest BCUT2D eigenvalue weighted by Crippen LogP contribution is -2.48. The summed E-state index contributed by atoms with van der Waals surface area (Å²) in [4.78, 5) is 22.3. The van der Waals surface area contributed by atoms with Crippen molar-refractivity contribution in [2.24, 2.45) is 0 Å². The van der Waals surface area contributed by atoms with Crippen LogP contribution in [0.1, 0.15) is 25.7 Å². The van der Waals surface area contributed by atoms with Crippen LogP contribution in [0.2, 0.25) is 0 Å². The van der Waals surface area contributed by atoms with Gasteiger partial charge in [-0.25, -0.2) is 9.59 Å². The number of hydrogen-bond donors (Lipinski definition) is 3. The van der Waals surface area contributed by atoms with Gasteiger partial charge in [-0.05, 0) is 31.4 Å². The van der Waals surface area contributed by atoms with Crippen molar-refractivity contribution >= 4 is 23.8 Å². The monoisotopic (exact) mass is 244 g/mol. The Hall–Kier alpha value is -0.910. The number of carbonyl (C=O) groups is 2. The van der Waals surface area contributed by atoms with Crippen molar-refractivity contribution in [1.82, 2.24) is 10.6 Å². The topological polar surface area (TPSA) is 78.4 Å². The van der Waals surface area contributed by atoms with Crippen molar-refractivity contribution in [3.63, 3.8) is 0 Å².